The molecule has 0 fully saturated rings. The predicted octanol–water partition coefficient (Wildman–Crippen LogP) is 5.94. The van der Waals surface area contributed by atoms with Crippen LogP contribution in [-0.2, 0) is 10.1 Å². The molecule has 0 heterocycles. The maximum atomic E-state index is 13.8. The summed E-state index contributed by atoms with van der Waals surface area (Å²) in [5, 5.41) is -7.74. The molecular formula is C14H6F17NO3S. The molecule has 0 unspecified atom stereocenters. The molecule has 0 aromatic heterocycles. The van der Waals surface area contributed by atoms with Gasteiger partial charge in [0.25, 0.3) is 0 Å². The van der Waals surface area contributed by atoms with E-state index in [9.17, 15) is 83.1 Å². The van der Waals surface area contributed by atoms with Crippen LogP contribution in [0.2, 0.25) is 0 Å². The lowest BCUT2D eigenvalue weighted by atomic mass is 9.91. The summed E-state index contributed by atoms with van der Waals surface area (Å²) >= 11 is 0. The highest BCUT2D eigenvalue weighted by molar-refractivity contribution is 7.88. The molecule has 0 radical (unpaired) electrons. The average molecular weight is 591 g/mol. The van der Waals surface area contributed by atoms with E-state index in [4.69, 9.17) is 5.73 Å². The first-order valence-electron chi connectivity index (χ1n) is 7.98. The van der Waals surface area contributed by atoms with Crippen molar-refractivity contribution in [3.63, 3.8) is 0 Å². The molecule has 0 spiro atoms. The van der Waals surface area contributed by atoms with E-state index in [0.29, 0.717) is 12.1 Å². The normalized spacial score (nSPS) is 15.7. The summed E-state index contributed by atoms with van der Waals surface area (Å²) in [6.07, 6.45) is -7.89. The molecule has 36 heavy (non-hydrogen) atoms. The molecule has 0 amide bonds. The largest absolute Gasteiger partial charge is 0.460 e. The molecule has 22 heteroatoms. The number of halogens is 17. The smallest absolute Gasteiger partial charge is 0.399 e. The molecule has 1 rings (SSSR count). The van der Waals surface area contributed by atoms with Gasteiger partial charge < -0.3 is 9.92 Å². The Hall–Kier alpha value is -2.42. The lowest BCUT2D eigenvalue weighted by Crippen LogP contribution is -2.75. The zero-order valence-corrected chi connectivity index (χ0v) is 16.8. The minimum atomic E-state index is -8.90. The van der Waals surface area contributed by atoms with Gasteiger partial charge in [-0.05, 0) is 24.3 Å². The van der Waals surface area contributed by atoms with Crippen LogP contribution in [0, 0.1) is 0 Å². The number of anilines is 1. The Bertz CT molecular complexity index is 1060. The zero-order valence-electron chi connectivity index (χ0n) is 15.9. The lowest BCUT2D eigenvalue weighted by Gasteiger charge is -2.42. The highest BCUT2D eigenvalue weighted by Crippen LogP contribution is 2.64. The second-order valence-electron chi connectivity index (χ2n) is 6.57. The molecule has 1 aromatic carbocycles. The third kappa shape index (κ3) is 4.13. The van der Waals surface area contributed by atoms with Crippen molar-refractivity contribution >= 4 is 15.8 Å². The van der Waals surface area contributed by atoms with E-state index >= 15 is 0 Å². The second kappa shape index (κ2) is 8.30. The van der Waals surface area contributed by atoms with E-state index < -0.39 is 62.8 Å². The first-order chi connectivity index (χ1) is 15.5. The summed E-state index contributed by atoms with van der Waals surface area (Å²) in [6, 6.07) is 1.77. The van der Waals surface area contributed by atoms with Crippen molar-refractivity contribution < 1.29 is 87.2 Å². The van der Waals surface area contributed by atoms with E-state index in [1.807, 2.05) is 0 Å². The van der Waals surface area contributed by atoms with Crippen LogP contribution in [0.3, 0.4) is 0 Å². The Kier molecular flexibility index (Phi) is 7.28. The van der Waals surface area contributed by atoms with Crippen molar-refractivity contribution in [3.05, 3.63) is 24.3 Å². The van der Waals surface area contributed by atoms with E-state index in [-0.39, 0.29) is 17.8 Å². The molecule has 0 saturated heterocycles. The van der Waals surface area contributed by atoms with Gasteiger partial charge in [0.05, 0.1) is 0 Å². The molecule has 0 saturated carbocycles. The van der Waals surface area contributed by atoms with Crippen molar-refractivity contribution in [3.8, 4) is 5.75 Å². The molecule has 0 aliphatic heterocycles. The van der Waals surface area contributed by atoms with Gasteiger partial charge in [-0.2, -0.15) is 83.1 Å². The quantitative estimate of drug-likeness (QED) is 0.219. The molecule has 0 atom stereocenters. The van der Waals surface area contributed by atoms with Gasteiger partial charge in [0.1, 0.15) is 5.75 Å². The fraction of sp³-hybridized carbons (Fsp3) is 0.571. The van der Waals surface area contributed by atoms with Gasteiger partial charge in [0, 0.05) is 5.69 Å². The minimum absolute atomic E-state index is 0.280. The van der Waals surface area contributed by atoms with Crippen LogP contribution in [0.15, 0.2) is 24.3 Å². The maximum Gasteiger partial charge on any atom is 0.460 e. The summed E-state index contributed by atoms with van der Waals surface area (Å²) < 4.78 is 250. The summed E-state index contributed by atoms with van der Waals surface area (Å²) in [5.41, 5.74) is 4.78. The zero-order chi connectivity index (χ0) is 29.2. The monoisotopic (exact) mass is 591 g/mol. The fourth-order valence-corrected chi connectivity index (χ4v) is 2.92. The maximum absolute atomic E-state index is 13.8. The van der Waals surface area contributed by atoms with Gasteiger partial charge in [0.15, 0.2) is 0 Å². The van der Waals surface area contributed by atoms with E-state index in [0.717, 1.165) is 0 Å². The molecule has 0 aliphatic carbocycles. The molecular weight excluding hydrogens is 585 g/mol. The van der Waals surface area contributed by atoms with Crippen LogP contribution in [0.1, 0.15) is 0 Å². The Morgan fingerprint density at radius 2 is 0.833 bits per heavy atom. The number of benzene rings is 1. The van der Waals surface area contributed by atoms with Crippen LogP contribution < -0.4 is 9.92 Å². The number of nitrogens with two attached hydrogens (primary N) is 1. The third-order valence-corrected chi connectivity index (χ3v) is 5.39. The standard InChI is InChI=1S/C14H6F17NO3S/c15-7(16,9(19,20)11(23,24)13(27,28)29)8(17,18)10(21,22)12(25,26)14(30,31)36(33,34)35-6-3-1-5(32)2-4-6/h1-4H,32H2. The van der Waals surface area contributed by atoms with Crippen LogP contribution in [0.25, 0.3) is 0 Å². The van der Waals surface area contributed by atoms with Gasteiger partial charge in [-0.3, -0.25) is 0 Å². The van der Waals surface area contributed by atoms with Crippen molar-refractivity contribution in [2.24, 2.45) is 0 Å². The fourth-order valence-electron chi connectivity index (χ4n) is 2.01. The van der Waals surface area contributed by atoms with Gasteiger partial charge in [0.2, 0.25) is 0 Å². The first-order valence-corrected chi connectivity index (χ1v) is 9.39. The molecule has 0 bridgehead atoms. The SMILES string of the molecule is Nc1ccc(OS(=O)(=O)C(F)(F)C(F)(F)C(F)(F)C(F)(F)C(F)(F)C(F)(F)C(F)(F)C(F)(F)F)cc1. The number of hydrogen-bond acceptors (Lipinski definition) is 4. The van der Waals surface area contributed by atoms with Crippen molar-refractivity contribution in [1.82, 2.24) is 0 Å². The minimum Gasteiger partial charge on any atom is -0.399 e. The predicted molar refractivity (Wildman–Crippen MR) is 81.1 cm³/mol. The Labute approximate surface area is 186 Å². The molecule has 2 N–H and O–H groups in total. The van der Waals surface area contributed by atoms with Crippen LogP contribution >= 0.6 is 0 Å². The Morgan fingerprint density at radius 1 is 0.528 bits per heavy atom. The second-order valence-corrected chi connectivity index (χ2v) is 8.16. The van der Waals surface area contributed by atoms with Gasteiger partial charge in [-0.1, -0.05) is 0 Å². The Balaban J connectivity index is 3.68. The number of alkyl halides is 17. The molecule has 0 aliphatic rings. The van der Waals surface area contributed by atoms with Crippen molar-refractivity contribution in [2.75, 3.05) is 5.73 Å². The van der Waals surface area contributed by atoms with Gasteiger partial charge >= 0.3 is 57.1 Å². The van der Waals surface area contributed by atoms with E-state index in [1.165, 1.54) is 0 Å². The molecule has 210 valence electrons. The Morgan fingerprint density at radius 3 is 1.17 bits per heavy atom. The number of nitrogen functional groups attached to an aromatic ring is 1. The summed E-state index contributed by atoms with van der Waals surface area (Å²) in [6.45, 7) is 0. The van der Waals surface area contributed by atoms with Crippen LogP contribution in [-0.4, -0.2) is 55.4 Å². The van der Waals surface area contributed by atoms with Crippen LogP contribution in [0.4, 0.5) is 80.3 Å². The highest BCUT2D eigenvalue weighted by Gasteiger charge is 2.96. The highest BCUT2D eigenvalue weighted by atomic mass is 32.2. The summed E-state index contributed by atoms with van der Waals surface area (Å²) in [4.78, 5) is 0. The molecule has 4 nitrogen and oxygen atoms in total. The molecule has 1 aromatic rings. The summed E-state index contributed by atoms with van der Waals surface area (Å²) in [7, 11) is -7.66. The number of rotatable bonds is 9. The lowest BCUT2D eigenvalue weighted by molar-refractivity contribution is -0.458. The van der Waals surface area contributed by atoms with E-state index in [1.54, 1.807) is 0 Å². The summed E-state index contributed by atoms with van der Waals surface area (Å²) in [5.74, 6) is -53.4. The van der Waals surface area contributed by atoms with Crippen molar-refractivity contribution in [1.29, 1.82) is 0 Å². The topological polar surface area (TPSA) is 69.4 Å². The first kappa shape index (κ1) is 31.6. The van der Waals surface area contributed by atoms with Crippen LogP contribution in [0.5, 0.6) is 5.75 Å². The van der Waals surface area contributed by atoms with E-state index in [2.05, 4.69) is 4.18 Å². The third-order valence-electron chi connectivity index (χ3n) is 4.09. The number of hydrogen-bond donors (Lipinski definition) is 1. The average Bonchev–Trinajstić information content (AvgIpc) is 2.67. The van der Waals surface area contributed by atoms with Crippen molar-refractivity contribution in [2.45, 2.75) is 47.0 Å². The van der Waals surface area contributed by atoms with Gasteiger partial charge in [-0.25, -0.2) is 0 Å². The van der Waals surface area contributed by atoms with Gasteiger partial charge in [-0.15, -0.1) is 0 Å².